The van der Waals surface area contributed by atoms with Gasteiger partial charge in [0, 0.05) is 17.8 Å². The van der Waals surface area contributed by atoms with Gasteiger partial charge in [0.05, 0.1) is 0 Å². The topological polar surface area (TPSA) is 67.2 Å². The van der Waals surface area contributed by atoms with Crippen molar-refractivity contribution < 1.29 is 4.79 Å². The van der Waals surface area contributed by atoms with E-state index in [-0.39, 0.29) is 12.1 Å². The summed E-state index contributed by atoms with van der Waals surface area (Å²) in [7, 11) is 0. The highest BCUT2D eigenvalue weighted by molar-refractivity contribution is 5.87. The van der Waals surface area contributed by atoms with Crippen LogP contribution < -0.4 is 16.4 Å². The number of anilines is 1. The van der Waals surface area contributed by atoms with Gasteiger partial charge in [0.2, 0.25) is 0 Å². The molecule has 1 aromatic rings. The van der Waals surface area contributed by atoms with E-state index in [1.54, 1.807) is 0 Å². The van der Waals surface area contributed by atoms with Crippen LogP contribution in [0.2, 0.25) is 0 Å². The fourth-order valence-electron chi connectivity index (χ4n) is 1.56. The summed E-state index contributed by atoms with van der Waals surface area (Å²) in [6.07, 6.45) is 1.86. The third-order valence-electron chi connectivity index (χ3n) is 2.54. The molecule has 2 amide bonds. The SMILES string of the molecule is C=CC(C)NC(C)c1ccc(NC(N)=O)cc1. The number of nitrogens with two attached hydrogens (primary N) is 1. The maximum Gasteiger partial charge on any atom is 0.316 e. The highest BCUT2D eigenvalue weighted by atomic mass is 16.2. The van der Waals surface area contributed by atoms with Crippen LogP contribution in [0.3, 0.4) is 0 Å². The Hall–Kier alpha value is -1.81. The van der Waals surface area contributed by atoms with Crippen molar-refractivity contribution in [3.8, 4) is 0 Å². The fraction of sp³-hybridized carbons (Fsp3) is 0.308. The molecule has 2 atom stereocenters. The molecule has 2 unspecified atom stereocenters. The molecule has 0 saturated carbocycles. The Kier molecular flexibility index (Phi) is 4.72. The van der Waals surface area contributed by atoms with Crippen LogP contribution in [0.25, 0.3) is 0 Å². The number of primary amides is 1. The zero-order valence-corrected chi connectivity index (χ0v) is 10.2. The van der Waals surface area contributed by atoms with E-state index in [1.165, 1.54) is 0 Å². The van der Waals surface area contributed by atoms with E-state index in [1.807, 2.05) is 37.3 Å². The molecule has 4 nitrogen and oxygen atoms in total. The Bertz CT molecular complexity index is 386. The van der Waals surface area contributed by atoms with Crippen molar-refractivity contribution in [2.24, 2.45) is 5.73 Å². The molecule has 4 heteroatoms. The summed E-state index contributed by atoms with van der Waals surface area (Å²) < 4.78 is 0. The van der Waals surface area contributed by atoms with Gasteiger partial charge in [-0.1, -0.05) is 18.2 Å². The summed E-state index contributed by atoms with van der Waals surface area (Å²) in [5, 5.41) is 5.90. The van der Waals surface area contributed by atoms with Crippen LogP contribution in [0.1, 0.15) is 25.5 Å². The molecular formula is C13H19N3O. The van der Waals surface area contributed by atoms with Crippen LogP contribution in [0.5, 0.6) is 0 Å². The van der Waals surface area contributed by atoms with Gasteiger partial charge < -0.3 is 16.4 Å². The molecule has 0 aliphatic rings. The minimum absolute atomic E-state index is 0.227. The second-order valence-corrected chi connectivity index (χ2v) is 4.02. The van der Waals surface area contributed by atoms with E-state index in [0.717, 1.165) is 5.56 Å². The standard InChI is InChI=1S/C13H19N3O/c1-4-9(2)15-10(3)11-5-7-12(8-6-11)16-13(14)17/h4-10,15H,1H2,2-3H3,(H3,14,16,17). The summed E-state index contributed by atoms with van der Waals surface area (Å²) in [5.41, 5.74) is 6.88. The largest absolute Gasteiger partial charge is 0.351 e. The summed E-state index contributed by atoms with van der Waals surface area (Å²) in [4.78, 5) is 10.7. The number of carbonyl (C=O) groups excluding carboxylic acids is 1. The average Bonchev–Trinajstić information content (AvgIpc) is 2.28. The molecule has 0 saturated heterocycles. The van der Waals surface area contributed by atoms with E-state index in [9.17, 15) is 4.79 Å². The lowest BCUT2D eigenvalue weighted by molar-refractivity contribution is 0.259. The molecule has 1 rings (SSSR count). The van der Waals surface area contributed by atoms with Gasteiger partial charge in [-0.05, 0) is 31.5 Å². The quantitative estimate of drug-likeness (QED) is 0.684. The maximum atomic E-state index is 10.7. The zero-order valence-electron chi connectivity index (χ0n) is 10.2. The van der Waals surface area contributed by atoms with Gasteiger partial charge in [0.15, 0.2) is 0 Å². The summed E-state index contributed by atoms with van der Waals surface area (Å²) in [6.45, 7) is 7.86. The molecule has 0 spiro atoms. The first kappa shape index (κ1) is 13.3. The first-order valence-electron chi connectivity index (χ1n) is 5.58. The molecule has 0 aliphatic heterocycles. The fourth-order valence-corrected chi connectivity index (χ4v) is 1.56. The molecule has 1 aromatic carbocycles. The van der Waals surface area contributed by atoms with Crippen molar-refractivity contribution in [2.75, 3.05) is 5.32 Å². The van der Waals surface area contributed by atoms with E-state index in [0.29, 0.717) is 5.69 Å². The second kappa shape index (κ2) is 6.06. The van der Waals surface area contributed by atoms with Crippen LogP contribution in [-0.2, 0) is 0 Å². The minimum atomic E-state index is -0.552. The van der Waals surface area contributed by atoms with Crippen LogP contribution >= 0.6 is 0 Å². The molecular weight excluding hydrogens is 214 g/mol. The second-order valence-electron chi connectivity index (χ2n) is 4.02. The Labute approximate surface area is 102 Å². The highest BCUT2D eigenvalue weighted by Crippen LogP contribution is 2.16. The Morgan fingerprint density at radius 3 is 2.41 bits per heavy atom. The third kappa shape index (κ3) is 4.28. The first-order valence-corrected chi connectivity index (χ1v) is 5.58. The Balaban J connectivity index is 2.66. The molecule has 0 heterocycles. The van der Waals surface area contributed by atoms with Crippen LogP contribution in [0.4, 0.5) is 10.5 Å². The molecule has 0 bridgehead atoms. The van der Waals surface area contributed by atoms with E-state index in [2.05, 4.69) is 24.1 Å². The number of hydrogen-bond acceptors (Lipinski definition) is 2. The normalized spacial score (nSPS) is 13.8. The molecule has 17 heavy (non-hydrogen) atoms. The van der Waals surface area contributed by atoms with Gasteiger partial charge in [-0.25, -0.2) is 4.79 Å². The highest BCUT2D eigenvalue weighted by Gasteiger charge is 2.07. The first-order chi connectivity index (χ1) is 8.02. The number of rotatable bonds is 5. The lowest BCUT2D eigenvalue weighted by Crippen LogP contribution is -2.26. The Morgan fingerprint density at radius 1 is 1.35 bits per heavy atom. The minimum Gasteiger partial charge on any atom is -0.351 e. The van der Waals surface area contributed by atoms with Crippen molar-refractivity contribution in [2.45, 2.75) is 25.9 Å². The molecule has 4 N–H and O–H groups in total. The zero-order chi connectivity index (χ0) is 12.8. The van der Waals surface area contributed by atoms with Crippen molar-refractivity contribution >= 4 is 11.7 Å². The number of carbonyl (C=O) groups is 1. The number of hydrogen-bond donors (Lipinski definition) is 3. The number of amides is 2. The predicted octanol–water partition coefficient (Wildman–Crippen LogP) is 2.40. The van der Waals surface area contributed by atoms with Crippen molar-refractivity contribution in [1.82, 2.24) is 5.32 Å². The van der Waals surface area contributed by atoms with Gasteiger partial charge in [-0.15, -0.1) is 6.58 Å². The van der Waals surface area contributed by atoms with Crippen molar-refractivity contribution in [3.63, 3.8) is 0 Å². The number of benzene rings is 1. The van der Waals surface area contributed by atoms with E-state index >= 15 is 0 Å². The summed E-state index contributed by atoms with van der Waals surface area (Å²) >= 11 is 0. The maximum absolute atomic E-state index is 10.7. The van der Waals surface area contributed by atoms with Gasteiger partial charge in [0.1, 0.15) is 0 Å². The molecule has 0 radical (unpaired) electrons. The monoisotopic (exact) mass is 233 g/mol. The molecule has 0 fully saturated rings. The lowest BCUT2D eigenvalue weighted by atomic mass is 10.1. The van der Waals surface area contributed by atoms with Gasteiger partial charge in [-0.3, -0.25) is 0 Å². The van der Waals surface area contributed by atoms with E-state index in [4.69, 9.17) is 5.73 Å². The number of urea groups is 1. The molecule has 0 aromatic heterocycles. The van der Waals surface area contributed by atoms with Gasteiger partial charge in [-0.2, -0.15) is 0 Å². The van der Waals surface area contributed by atoms with Gasteiger partial charge >= 0.3 is 6.03 Å². The van der Waals surface area contributed by atoms with E-state index < -0.39 is 6.03 Å². The Morgan fingerprint density at radius 2 is 1.94 bits per heavy atom. The average molecular weight is 233 g/mol. The lowest BCUT2D eigenvalue weighted by Gasteiger charge is -2.18. The number of nitrogens with one attached hydrogen (secondary N) is 2. The van der Waals surface area contributed by atoms with Gasteiger partial charge in [0.25, 0.3) is 0 Å². The third-order valence-corrected chi connectivity index (χ3v) is 2.54. The van der Waals surface area contributed by atoms with Crippen LogP contribution in [0.15, 0.2) is 36.9 Å². The van der Waals surface area contributed by atoms with Crippen molar-refractivity contribution in [1.29, 1.82) is 0 Å². The summed E-state index contributed by atoms with van der Waals surface area (Å²) in [6, 6.07) is 7.51. The van der Waals surface area contributed by atoms with Crippen LogP contribution in [-0.4, -0.2) is 12.1 Å². The molecule has 92 valence electrons. The molecule has 0 aliphatic carbocycles. The van der Waals surface area contributed by atoms with Crippen LogP contribution in [0, 0.1) is 0 Å². The van der Waals surface area contributed by atoms with Crippen molar-refractivity contribution in [3.05, 3.63) is 42.5 Å². The predicted molar refractivity (Wildman–Crippen MR) is 70.9 cm³/mol. The smallest absolute Gasteiger partial charge is 0.316 e. The summed E-state index contributed by atoms with van der Waals surface area (Å²) in [5.74, 6) is 0.